The number of rotatable bonds is 8. The highest BCUT2D eigenvalue weighted by atomic mass is 127. The standard InChI is InChI=1S/C19H38N4S.HI/c1-3-20-19(21-12-7-15-24-2)22-18-10-13-23(14-11-18)16-17-8-5-4-6-9-17;/h17-18H,3-16H2,1-2H3,(H2,20,21,22);1H. The maximum absolute atomic E-state index is 4.73. The van der Waals surface area contributed by atoms with Gasteiger partial charge in [-0.25, -0.2) is 0 Å². The van der Waals surface area contributed by atoms with Crippen LogP contribution >= 0.6 is 35.7 Å². The molecule has 1 aliphatic heterocycles. The van der Waals surface area contributed by atoms with E-state index in [1.54, 1.807) is 0 Å². The monoisotopic (exact) mass is 482 g/mol. The highest BCUT2D eigenvalue weighted by molar-refractivity contribution is 14.0. The van der Waals surface area contributed by atoms with E-state index in [-0.39, 0.29) is 24.0 Å². The molecule has 0 radical (unpaired) electrons. The third-order valence-electron chi connectivity index (χ3n) is 5.29. The summed E-state index contributed by atoms with van der Waals surface area (Å²) in [5.74, 6) is 3.19. The Morgan fingerprint density at radius 3 is 2.48 bits per heavy atom. The lowest BCUT2D eigenvalue weighted by molar-refractivity contribution is 0.160. The quantitative estimate of drug-likeness (QED) is 0.238. The Bertz CT molecular complexity index is 353. The van der Waals surface area contributed by atoms with Crippen LogP contribution in [-0.2, 0) is 0 Å². The number of guanidine groups is 1. The molecule has 6 heteroatoms. The fraction of sp³-hybridized carbons (Fsp3) is 0.947. The van der Waals surface area contributed by atoms with E-state index >= 15 is 0 Å². The average molecular weight is 483 g/mol. The van der Waals surface area contributed by atoms with Crippen LogP contribution < -0.4 is 10.6 Å². The van der Waals surface area contributed by atoms with Crippen LogP contribution in [0.3, 0.4) is 0 Å². The van der Waals surface area contributed by atoms with Gasteiger partial charge in [0.15, 0.2) is 5.96 Å². The SMILES string of the molecule is CCNC(=NCCCSC)NC1CCN(CC2CCCCC2)CC1.I. The van der Waals surface area contributed by atoms with E-state index < -0.39 is 0 Å². The summed E-state index contributed by atoms with van der Waals surface area (Å²) in [4.78, 5) is 7.43. The summed E-state index contributed by atoms with van der Waals surface area (Å²) in [6, 6.07) is 0.589. The molecule has 0 atom stereocenters. The van der Waals surface area contributed by atoms with Gasteiger partial charge in [0.2, 0.25) is 0 Å². The maximum atomic E-state index is 4.73. The van der Waals surface area contributed by atoms with E-state index in [0.29, 0.717) is 6.04 Å². The van der Waals surface area contributed by atoms with Gasteiger partial charge in [0.1, 0.15) is 0 Å². The van der Waals surface area contributed by atoms with Crippen LogP contribution in [0.5, 0.6) is 0 Å². The molecule has 2 rings (SSSR count). The Hall–Kier alpha value is 0.310. The molecule has 0 unspecified atom stereocenters. The first-order chi connectivity index (χ1) is 11.8. The van der Waals surface area contributed by atoms with Crippen LogP contribution in [0.15, 0.2) is 4.99 Å². The summed E-state index contributed by atoms with van der Waals surface area (Å²) in [6.07, 6.45) is 13.1. The van der Waals surface area contributed by atoms with Crippen molar-refractivity contribution in [2.45, 2.75) is 64.3 Å². The summed E-state index contributed by atoms with van der Waals surface area (Å²) in [5, 5.41) is 7.07. The summed E-state index contributed by atoms with van der Waals surface area (Å²) in [7, 11) is 0. The van der Waals surface area contributed by atoms with Gasteiger partial charge in [-0.15, -0.1) is 24.0 Å². The first kappa shape index (κ1) is 23.3. The van der Waals surface area contributed by atoms with E-state index in [4.69, 9.17) is 4.99 Å². The van der Waals surface area contributed by atoms with E-state index in [1.807, 2.05) is 11.8 Å². The lowest BCUT2D eigenvalue weighted by Crippen LogP contribution is -2.49. The fourth-order valence-corrected chi connectivity index (χ4v) is 4.33. The summed E-state index contributed by atoms with van der Waals surface area (Å²) < 4.78 is 0. The molecule has 148 valence electrons. The van der Waals surface area contributed by atoms with Crippen LogP contribution in [0.4, 0.5) is 0 Å². The third-order valence-corrected chi connectivity index (χ3v) is 5.99. The van der Waals surface area contributed by atoms with Crippen molar-refractivity contribution in [3.05, 3.63) is 0 Å². The Balaban J connectivity index is 0.00000312. The van der Waals surface area contributed by atoms with Crippen molar-refractivity contribution < 1.29 is 0 Å². The number of hydrogen-bond donors (Lipinski definition) is 2. The van der Waals surface area contributed by atoms with Crippen molar-refractivity contribution in [1.29, 1.82) is 0 Å². The van der Waals surface area contributed by atoms with Crippen molar-refractivity contribution in [1.82, 2.24) is 15.5 Å². The van der Waals surface area contributed by atoms with Crippen LogP contribution in [-0.4, -0.2) is 61.6 Å². The Morgan fingerprint density at radius 2 is 1.84 bits per heavy atom. The predicted molar refractivity (Wildman–Crippen MR) is 124 cm³/mol. The number of hydrogen-bond acceptors (Lipinski definition) is 3. The molecular weight excluding hydrogens is 443 g/mol. The lowest BCUT2D eigenvalue weighted by Gasteiger charge is -2.36. The topological polar surface area (TPSA) is 39.7 Å². The molecule has 0 bridgehead atoms. The zero-order valence-corrected chi connectivity index (χ0v) is 19.4. The Labute approximate surface area is 176 Å². The van der Waals surface area contributed by atoms with Crippen LogP contribution in [0, 0.1) is 5.92 Å². The van der Waals surface area contributed by atoms with Gasteiger partial charge in [-0.3, -0.25) is 4.99 Å². The van der Waals surface area contributed by atoms with Crippen LogP contribution in [0.25, 0.3) is 0 Å². The molecule has 1 saturated carbocycles. The molecule has 2 aliphatic rings. The minimum atomic E-state index is 0. The minimum Gasteiger partial charge on any atom is -0.357 e. The van der Waals surface area contributed by atoms with Gasteiger partial charge < -0.3 is 15.5 Å². The van der Waals surface area contributed by atoms with E-state index in [9.17, 15) is 0 Å². The van der Waals surface area contributed by atoms with Crippen molar-refractivity contribution >= 4 is 41.7 Å². The Kier molecular flexibility index (Phi) is 13.4. The van der Waals surface area contributed by atoms with E-state index in [1.165, 1.54) is 70.3 Å². The molecule has 2 fully saturated rings. The first-order valence-electron chi connectivity index (χ1n) is 10.1. The molecule has 1 heterocycles. The number of likely N-dealkylation sites (tertiary alicyclic amines) is 1. The predicted octanol–water partition coefficient (Wildman–Crippen LogP) is 3.96. The molecular formula is C19H39IN4S. The second kappa shape index (κ2) is 14.4. The molecule has 0 aromatic rings. The lowest BCUT2D eigenvalue weighted by atomic mass is 9.88. The second-order valence-corrected chi connectivity index (χ2v) is 8.32. The van der Waals surface area contributed by atoms with Crippen molar-refractivity contribution in [2.75, 3.05) is 44.7 Å². The summed E-state index contributed by atoms with van der Waals surface area (Å²) in [6.45, 7) is 7.85. The second-order valence-electron chi connectivity index (χ2n) is 7.33. The average Bonchev–Trinajstić information content (AvgIpc) is 2.61. The number of nitrogens with one attached hydrogen (secondary N) is 2. The van der Waals surface area contributed by atoms with Gasteiger partial charge in [0.05, 0.1) is 0 Å². The molecule has 0 aromatic heterocycles. The third kappa shape index (κ3) is 9.70. The molecule has 0 aromatic carbocycles. The summed E-state index contributed by atoms with van der Waals surface area (Å²) >= 11 is 1.90. The largest absolute Gasteiger partial charge is 0.357 e. The van der Waals surface area contributed by atoms with Gasteiger partial charge in [-0.1, -0.05) is 19.3 Å². The molecule has 1 saturated heterocycles. The van der Waals surface area contributed by atoms with Gasteiger partial charge in [-0.2, -0.15) is 11.8 Å². The molecule has 2 N–H and O–H groups in total. The molecule has 1 aliphatic carbocycles. The van der Waals surface area contributed by atoms with E-state index in [2.05, 4.69) is 28.7 Å². The maximum Gasteiger partial charge on any atom is 0.191 e. The van der Waals surface area contributed by atoms with Crippen LogP contribution in [0.2, 0.25) is 0 Å². The number of halogens is 1. The van der Waals surface area contributed by atoms with Crippen molar-refractivity contribution in [3.63, 3.8) is 0 Å². The Morgan fingerprint density at radius 1 is 1.12 bits per heavy atom. The zero-order valence-electron chi connectivity index (χ0n) is 16.3. The van der Waals surface area contributed by atoms with E-state index in [0.717, 1.165) is 31.4 Å². The number of aliphatic imine (C=N–C) groups is 1. The molecule has 0 spiro atoms. The van der Waals surface area contributed by atoms with Gasteiger partial charge in [-0.05, 0) is 57.0 Å². The van der Waals surface area contributed by atoms with Crippen LogP contribution in [0.1, 0.15) is 58.3 Å². The number of thioether (sulfide) groups is 1. The van der Waals surface area contributed by atoms with Gasteiger partial charge in [0.25, 0.3) is 0 Å². The van der Waals surface area contributed by atoms with Crippen molar-refractivity contribution in [2.24, 2.45) is 10.9 Å². The number of piperidine rings is 1. The zero-order chi connectivity index (χ0) is 17.0. The summed E-state index contributed by atoms with van der Waals surface area (Å²) in [5.41, 5.74) is 0. The first-order valence-corrected chi connectivity index (χ1v) is 11.5. The molecule has 0 amide bonds. The molecule has 25 heavy (non-hydrogen) atoms. The van der Waals surface area contributed by atoms with Gasteiger partial charge >= 0.3 is 0 Å². The minimum absolute atomic E-state index is 0. The fourth-order valence-electron chi connectivity index (χ4n) is 3.91. The highest BCUT2D eigenvalue weighted by Gasteiger charge is 2.23. The molecule has 4 nitrogen and oxygen atoms in total. The normalized spacial score (nSPS) is 21.0. The number of nitrogens with zero attached hydrogens (tertiary/aromatic N) is 2. The van der Waals surface area contributed by atoms with Crippen molar-refractivity contribution in [3.8, 4) is 0 Å². The van der Waals surface area contributed by atoms with Gasteiger partial charge in [0, 0.05) is 38.8 Å². The smallest absolute Gasteiger partial charge is 0.191 e. The highest BCUT2D eigenvalue weighted by Crippen LogP contribution is 2.25.